The maximum absolute atomic E-state index is 12.0. The van der Waals surface area contributed by atoms with Gasteiger partial charge >= 0.3 is 0 Å². The monoisotopic (exact) mass is 420 g/mol. The summed E-state index contributed by atoms with van der Waals surface area (Å²) in [5, 5.41) is 7.19. The minimum Gasteiger partial charge on any atom is -0.200 e. The van der Waals surface area contributed by atoms with E-state index in [-0.39, 0.29) is 9.79 Å². The number of rotatable bonds is 8. The van der Waals surface area contributed by atoms with Crippen LogP contribution in [-0.4, -0.2) is 29.3 Å². The second kappa shape index (κ2) is 9.29. The number of hydrazone groups is 2. The number of allylic oxidation sites excluding steroid dienone is 2. The van der Waals surface area contributed by atoms with Crippen LogP contribution in [0.2, 0.25) is 0 Å². The first-order valence-electron chi connectivity index (χ1n) is 8.09. The normalized spacial score (nSPS) is 12.8. The van der Waals surface area contributed by atoms with E-state index in [0.717, 1.165) is 11.1 Å². The third-order valence-electron chi connectivity index (χ3n) is 3.44. The Morgan fingerprint density at radius 1 is 0.643 bits per heavy atom. The van der Waals surface area contributed by atoms with E-state index in [9.17, 15) is 16.8 Å². The molecule has 148 valence electrons. The van der Waals surface area contributed by atoms with Gasteiger partial charge in [0.1, 0.15) is 0 Å². The van der Waals surface area contributed by atoms with E-state index in [1.807, 2.05) is 13.8 Å². The highest BCUT2D eigenvalue weighted by Gasteiger charge is 2.12. The van der Waals surface area contributed by atoms with E-state index >= 15 is 0 Å². The van der Waals surface area contributed by atoms with Crippen molar-refractivity contribution in [2.24, 2.45) is 10.2 Å². The zero-order valence-corrected chi connectivity index (χ0v) is 16.9. The SMILES string of the molecule is Cc1ccc(S(=O)(=O)N\N=C/C=C\C=N\NS(=O)(=O)c2ccc(C)cc2)cc1. The molecular formula is C18H20N4O4S2. The molecule has 28 heavy (non-hydrogen) atoms. The van der Waals surface area contributed by atoms with Gasteiger partial charge < -0.3 is 0 Å². The van der Waals surface area contributed by atoms with Gasteiger partial charge in [0.05, 0.1) is 9.79 Å². The van der Waals surface area contributed by atoms with E-state index in [1.165, 1.54) is 48.8 Å². The van der Waals surface area contributed by atoms with Gasteiger partial charge in [-0.1, -0.05) is 35.4 Å². The van der Waals surface area contributed by atoms with Gasteiger partial charge in [-0.05, 0) is 50.3 Å². The maximum Gasteiger partial charge on any atom is 0.276 e. The van der Waals surface area contributed by atoms with Gasteiger partial charge in [0.2, 0.25) is 0 Å². The van der Waals surface area contributed by atoms with E-state index in [2.05, 4.69) is 19.9 Å². The molecule has 0 aromatic heterocycles. The highest BCUT2D eigenvalue weighted by atomic mass is 32.2. The minimum atomic E-state index is -3.73. The van der Waals surface area contributed by atoms with Crippen LogP contribution < -0.4 is 9.66 Å². The Kier molecular flexibility index (Phi) is 7.07. The quantitative estimate of drug-likeness (QED) is 0.502. The summed E-state index contributed by atoms with van der Waals surface area (Å²) in [6, 6.07) is 12.7. The van der Waals surface area contributed by atoms with Crippen molar-refractivity contribution in [2.75, 3.05) is 0 Å². The van der Waals surface area contributed by atoms with E-state index < -0.39 is 20.0 Å². The molecule has 10 heteroatoms. The van der Waals surface area contributed by atoms with Crippen LogP contribution in [0.5, 0.6) is 0 Å². The fourth-order valence-corrected chi connectivity index (χ4v) is 3.52. The van der Waals surface area contributed by atoms with Gasteiger partial charge in [-0.3, -0.25) is 0 Å². The van der Waals surface area contributed by atoms with Gasteiger partial charge in [0, 0.05) is 12.4 Å². The third-order valence-corrected chi connectivity index (χ3v) is 5.92. The number of sulfonamides is 2. The Morgan fingerprint density at radius 3 is 1.29 bits per heavy atom. The third kappa shape index (κ3) is 6.32. The van der Waals surface area contributed by atoms with Crippen LogP contribution in [-0.2, 0) is 20.0 Å². The summed E-state index contributed by atoms with van der Waals surface area (Å²) < 4.78 is 48.0. The fraction of sp³-hybridized carbons (Fsp3) is 0.111. The predicted octanol–water partition coefficient (Wildman–Crippen LogP) is 2.09. The minimum absolute atomic E-state index is 0.103. The fourth-order valence-electron chi connectivity index (χ4n) is 1.93. The first kappa shape index (κ1) is 21.3. The van der Waals surface area contributed by atoms with Crippen LogP contribution in [0.3, 0.4) is 0 Å². The lowest BCUT2D eigenvalue weighted by atomic mass is 10.2. The number of benzene rings is 2. The Hall–Kier alpha value is -2.98. The van der Waals surface area contributed by atoms with Crippen molar-refractivity contribution in [3.8, 4) is 0 Å². The molecular weight excluding hydrogens is 400 g/mol. The summed E-state index contributed by atoms with van der Waals surface area (Å²) in [5.41, 5.74) is 1.89. The summed E-state index contributed by atoms with van der Waals surface area (Å²) in [5.74, 6) is 0. The molecule has 0 bridgehead atoms. The van der Waals surface area contributed by atoms with E-state index in [1.54, 1.807) is 24.3 Å². The standard InChI is InChI=1S/C18H20N4O4S2/c1-15-5-9-17(10-6-15)27(23,24)21-19-13-3-4-14-20-22-28(25,26)18-11-7-16(2)8-12-18/h3-14,21-22H,1-2H3/b4-3-,19-13-,20-14+. The number of hydrogen-bond acceptors (Lipinski definition) is 6. The summed E-state index contributed by atoms with van der Waals surface area (Å²) in [6.07, 6.45) is 5.18. The van der Waals surface area contributed by atoms with Crippen LogP contribution in [0.25, 0.3) is 0 Å². The second-order valence-corrected chi connectivity index (χ2v) is 9.08. The molecule has 0 spiro atoms. The lowest BCUT2D eigenvalue weighted by molar-refractivity contribution is 0.583. The first-order valence-corrected chi connectivity index (χ1v) is 11.1. The van der Waals surface area contributed by atoms with Gasteiger partial charge in [0.15, 0.2) is 0 Å². The number of nitrogens with one attached hydrogen (secondary N) is 2. The van der Waals surface area contributed by atoms with Gasteiger partial charge in [-0.15, -0.1) is 0 Å². The summed E-state index contributed by atoms with van der Waals surface area (Å²) in [6.45, 7) is 3.71. The Bertz CT molecular complexity index is 998. The van der Waals surface area contributed by atoms with Crippen LogP contribution in [0.4, 0.5) is 0 Å². The second-order valence-electron chi connectivity index (χ2n) is 5.76. The predicted molar refractivity (Wildman–Crippen MR) is 109 cm³/mol. The Labute approximate surface area is 164 Å². The molecule has 0 saturated carbocycles. The van der Waals surface area contributed by atoms with Crippen LogP contribution in [0.15, 0.2) is 80.7 Å². The van der Waals surface area contributed by atoms with Crippen molar-refractivity contribution in [3.05, 3.63) is 71.8 Å². The summed E-state index contributed by atoms with van der Waals surface area (Å²) in [4.78, 5) is 4.35. The van der Waals surface area contributed by atoms with Crippen molar-refractivity contribution in [2.45, 2.75) is 23.6 Å². The van der Waals surface area contributed by atoms with Gasteiger partial charge in [-0.25, -0.2) is 9.66 Å². The van der Waals surface area contributed by atoms with E-state index in [4.69, 9.17) is 0 Å². The lowest BCUT2D eigenvalue weighted by Crippen LogP contribution is -2.18. The molecule has 0 aliphatic heterocycles. The molecule has 0 saturated heterocycles. The molecule has 0 aliphatic carbocycles. The molecule has 0 fully saturated rings. The maximum atomic E-state index is 12.0. The Balaban J connectivity index is 1.85. The molecule has 0 unspecified atom stereocenters. The van der Waals surface area contributed by atoms with Gasteiger partial charge in [-0.2, -0.15) is 27.0 Å². The molecule has 0 amide bonds. The van der Waals surface area contributed by atoms with Crippen LogP contribution in [0, 0.1) is 13.8 Å². The average Bonchev–Trinajstić information content (AvgIpc) is 2.64. The number of nitrogens with zero attached hydrogens (tertiary/aromatic N) is 2. The van der Waals surface area contributed by atoms with Crippen molar-refractivity contribution < 1.29 is 16.8 Å². The molecule has 0 aliphatic rings. The smallest absolute Gasteiger partial charge is 0.200 e. The zero-order valence-electron chi connectivity index (χ0n) is 15.3. The largest absolute Gasteiger partial charge is 0.276 e. The number of hydrogen-bond donors (Lipinski definition) is 2. The molecule has 2 N–H and O–H groups in total. The highest BCUT2D eigenvalue weighted by Crippen LogP contribution is 2.10. The van der Waals surface area contributed by atoms with Gasteiger partial charge in [0.25, 0.3) is 20.0 Å². The summed E-state index contributed by atoms with van der Waals surface area (Å²) in [7, 11) is -7.47. The van der Waals surface area contributed by atoms with Crippen molar-refractivity contribution >= 4 is 32.5 Å². The molecule has 0 radical (unpaired) electrons. The van der Waals surface area contributed by atoms with Crippen LogP contribution >= 0.6 is 0 Å². The first-order chi connectivity index (χ1) is 13.2. The van der Waals surface area contributed by atoms with Crippen LogP contribution in [0.1, 0.15) is 11.1 Å². The van der Waals surface area contributed by atoms with Crippen molar-refractivity contribution in [3.63, 3.8) is 0 Å². The molecule has 0 atom stereocenters. The topological polar surface area (TPSA) is 117 Å². The van der Waals surface area contributed by atoms with Crippen molar-refractivity contribution in [1.29, 1.82) is 0 Å². The molecule has 2 rings (SSSR count). The number of aryl methyl sites for hydroxylation is 2. The molecule has 2 aromatic rings. The molecule has 2 aromatic carbocycles. The highest BCUT2D eigenvalue weighted by molar-refractivity contribution is 7.89. The van der Waals surface area contributed by atoms with E-state index in [0.29, 0.717) is 0 Å². The molecule has 8 nitrogen and oxygen atoms in total. The summed E-state index contributed by atoms with van der Waals surface area (Å²) >= 11 is 0. The Morgan fingerprint density at radius 2 is 0.964 bits per heavy atom. The molecule has 0 heterocycles. The average molecular weight is 421 g/mol. The zero-order chi connectivity index (χ0) is 20.6. The lowest BCUT2D eigenvalue weighted by Gasteiger charge is -2.03. The van der Waals surface area contributed by atoms with Crippen molar-refractivity contribution in [1.82, 2.24) is 9.66 Å².